The average molecular weight is 324 g/mol. The molecule has 0 amide bonds. The number of ether oxygens (including phenoxy) is 1. The first kappa shape index (κ1) is 14.0. The Balaban J connectivity index is 2.26. The van der Waals surface area contributed by atoms with E-state index < -0.39 is 0 Å². The van der Waals surface area contributed by atoms with E-state index in [1.54, 1.807) is 18.3 Å². The van der Waals surface area contributed by atoms with E-state index in [9.17, 15) is 4.39 Å². The number of hydrogen-bond donors (Lipinski definition) is 0. The Kier molecular flexibility index (Phi) is 4.53. The van der Waals surface area contributed by atoms with Crippen molar-refractivity contribution in [1.82, 2.24) is 4.98 Å². The quantitative estimate of drug-likeness (QED) is 0.774. The summed E-state index contributed by atoms with van der Waals surface area (Å²) < 4.78 is 18.4. The summed E-state index contributed by atoms with van der Waals surface area (Å²) in [5.74, 6) is 0.0861. The summed E-state index contributed by atoms with van der Waals surface area (Å²) in [6.45, 7) is 2.08. The second kappa shape index (κ2) is 6.15. The highest BCUT2D eigenvalue weighted by atomic mass is 79.9. The number of rotatable bonds is 4. The fourth-order valence-corrected chi connectivity index (χ4v) is 2.49. The molecule has 0 fully saturated rings. The molecule has 0 spiro atoms. The molecule has 1 aromatic carbocycles. The zero-order valence-electron chi connectivity index (χ0n) is 10.8. The molecule has 2 rings (SSSR count). The molecule has 0 saturated heterocycles. The van der Waals surface area contributed by atoms with Crippen molar-refractivity contribution in [2.45, 2.75) is 17.7 Å². The maximum Gasteiger partial charge on any atom is 0.165 e. The van der Waals surface area contributed by atoms with Gasteiger partial charge in [0.2, 0.25) is 0 Å². The zero-order chi connectivity index (χ0) is 13.8. The van der Waals surface area contributed by atoms with Gasteiger partial charge >= 0.3 is 0 Å². The number of benzene rings is 1. The summed E-state index contributed by atoms with van der Waals surface area (Å²) in [7, 11) is 1.47. The van der Waals surface area contributed by atoms with E-state index in [-0.39, 0.29) is 22.3 Å². The van der Waals surface area contributed by atoms with Gasteiger partial charge < -0.3 is 4.74 Å². The Morgan fingerprint density at radius 3 is 2.68 bits per heavy atom. The maximum absolute atomic E-state index is 13.4. The highest BCUT2D eigenvalue weighted by Gasteiger charge is 2.20. The Morgan fingerprint density at radius 2 is 2.05 bits per heavy atom. The summed E-state index contributed by atoms with van der Waals surface area (Å²) in [5, 5.41) is 0. The predicted molar refractivity (Wildman–Crippen MR) is 77.3 cm³/mol. The Hall–Kier alpha value is -1.42. The zero-order valence-corrected chi connectivity index (χ0v) is 12.4. The van der Waals surface area contributed by atoms with Gasteiger partial charge in [0.25, 0.3) is 0 Å². The summed E-state index contributed by atoms with van der Waals surface area (Å²) in [4.78, 5) is 4.40. The van der Waals surface area contributed by atoms with Crippen LogP contribution in [0.2, 0.25) is 0 Å². The van der Waals surface area contributed by atoms with Crippen LogP contribution in [0.1, 0.15) is 28.9 Å². The van der Waals surface area contributed by atoms with E-state index >= 15 is 0 Å². The van der Waals surface area contributed by atoms with Gasteiger partial charge in [-0.15, -0.1) is 0 Å². The van der Waals surface area contributed by atoms with Crippen molar-refractivity contribution in [3.05, 3.63) is 59.7 Å². The van der Waals surface area contributed by atoms with Crippen LogP contribution in [-0.4, -0.2) is 12.1 Å². The molecule has 0 aliphatic rings. The van der Waals surface area contributed by atoms with Crippen LogP contribution in [0.15, 0.2) is 42.6 Å². The van der Waals surface area contributed by atoms with Crippen molar-refractivity contribution in [1.29, 1.82) is 0 Å². The standard InChI is InChI=1S/C15H15BrFNO/c1-10(13-5-3-4-8-18-13)15(16)11-6-7-12(17)14(9-11)19-2/h3-10,15H,1-2H3. The van der Waals surface area contributed by atoms with Crippen LogP contribution in [0.25, 0.3) is 0 Å². The first-order valence-electron chi connectivity index (χ1n) is 6.02. The molecule has 0 saturated carbocycles. The number of halogens is 2. The summed E-state index contributed by atoms with van der Waals surface area (Å²) in [6, 6.07) is 10.7. The van der Waals surface area contributed by atoms with Crippen LogP contribution in [0, 0.1) is 5.82 Å². The molecule has 0 aliphatic carbocycles. The fraction of sp³-hybridized carbons (Fsp3) is 0.267. The van der Waals surface area contributed by atoms with E-state index in [4.69, 9.17) is 4.74 Å². The fourth-order valence-electron chi connectivity index (χ4n) is 1.93. The van der Waals surface area contributed by atoms with Gasteiger partial charge in [0.15, 0.2) is 11.6 Å². The van der Waals surface area contributed by atoms with E-state index in [1.807, 2.05) is 18.2 Å². The minimum Gasteiger partial charge on any atom is -0.494 e. The largest absolute Gasteiger partial charge is 0.494 e. The molecule has 0 N–H and O–H groups in total. The van der Waals surface area contributed by atoms with Crippen LogP contribution in [0.4, 0.5) is 4.39 Å². The maximum atomic E-state index is 13.4. The van der Waals surface area contributed by atoms with Crippen LogP contribution in [0.5, 0.6) is 5.75 Å². The average Bonchev–Trinajstić information content (AvgIpc) is 2.47. The summed E-state index contributed by atoms with van der Waals surface area (Å²) in [5.41, 5.74) is 1.96. The highest BCUT2D eigenvalue weighted by molar-refractivity contribution is 9.09. The van der Waals surface area contributed by atoms with E-state index in [1.165, 1.54) is 13.2 Å². The van der Waals surface area contributed by atoms with Gasteiger partial charge in [-0.3, -0.25) is 4.98 Å². The second-order valence-corrected chi connectivity index (χ2v) is 5.33. The third-order valence-electron chi connectivity index (χ3n) is 3.09. The number of aromatic nitrogens is 1. The van der Waals surface area contributed by atoms with Crippen LogP contribution in [-0.2, 0) is 0 Å². The van der Waals surface area contributed by atoms with E-state index in [0.717, 1.165) is 11.3 Å². The molecule has 2 nitrogen and oxygen atoms in total. The lowest BCUT2D eigenvalue weighted by atomic mass is 9.97. The number of nitrogens with zero attached hydrogens (tertiary/aromatic N) is 1. The smallest absolute Gasteiger partial charge is 0.165 e. The molecule has 1 aromatic heterocycles. The lowest BCUT2D eigenvalue weighted by Crippen LogP contribution is -2.04. The second-order valence-electron chi connectivity index (χ2n) is 4.34. The summed E-state index contributed by atoms with van der Waals surface area (Å²) >= 11 is 3.66. The summed E-state index contributed by atoms with van der Waals surface area (Å²) in [6.07, 6.45) is 1.77. The number of pyridine rings is 1. The molecule has 2 aromatic rings. The molecule has 2 atom stereocenters. The minimum absolute atomic E-state index is 0.0527. The van der Waals surface area contributed by atoms with Crippen molar-refractivity contribution < 1.29 is 9.13 Å². The highest BCUT2D eigenvalue weighted by Crippen LogP contribution is 2.38. The molecular formula is C15H15BrFNO. The van der Waals surface area contributed by atoms with Gasteiger partial charge in [-0.25, -0.2) is 4.39 Å². The molecule has 0 bridgehead atoms. The number of hydrogen-bond acceptors (Lipinski definition) is 2. The monoisotopic (exact) mass is 323 g/mol. The predicted octanol–water partition coefficient (Wildman–Crippen LogP) is 4.47. The van der Waals surface area contributed by atoms with Crippen LogP contribution >= 0.6 is 15.9 Å². The molecule has 0 aliphatic heterocycles. The van der Waals surface area contributed by atoms with E-state index in [2.05, 4.69) is 27.8 Å². The topological polar surface area (TPSA) is 22.1 Å². The van der Waals surface area contributed by atoms with Crippen LogP contribution in [0.3, 0.4) is 0 Å². The lowest BCUT2D eigenvalue weighted by Gasteiger charge is -2.19. The minimum atomic E-state index is -0.351. The molecular weight excluding hydrogens is 309 g/mol. The first-order chi connectivity index (χ1) is 9.13. The molecule has 2 unspecified atom stereocenters. The third kappa shape index (κ3) is 3.13. The van der Waals surface area contributed by atoms with Crippen molar-refractivity contribution in [2.75, 3.05) is 7.11 Å². The number of methoxy groups -OCH3 is 1. The number of alkyl halides is 1. The Labute approximate surface area is 120 Å². The van der Waals surface area contributed by atoms with Crippen LogP contribution < -0.4 is 4.74 Å². The molecule has 4 heteroatoms. The molecule has 19 heavy (non-hydrogen) atoms. The van der Waals surface area contributed by atoms with Crippen molar-refractivity contribution in [2.24, 2.45) is 0 Å². The lowest BCUT2D eigenvalue weighted by molar-refractivity contribution is 0.385. The van der Waals surface area contributed by atoms with Gasteiger partial charge in [-0.1, -0.05) is 35.0 Å². The van der Waals surface area contributed by atoms with Crippen molar-refractivity contribution in [3.63, 3.8) is 0 Å². The third-order valence-corrected chi connectivity index (χ3v) is 4.41. The van der Waals surface area contributed by atoms with Gasteiger partial charge in [0.05, 0.1) is 7.11 Å². The molecule has 0 radical (unpaired) electrons. The van der Waals surface area contributed by atoms with Gasteiger partial charge in [-0.2, -0.15) is 0 Å². The first-order valence-corrected chi connectivity index (χ1v) is 6.93. The van der Waals surface area contributed by atoms with Crippen molar-refractivity contribution >= 4 is 15.9 Å². The molecule has 1 heterocycles. The Bertz CT molecular complexity index is 547. The SMILES string of the molecule is COc1cc(C(Br)C(C)c2ccccn2)ccc1F. The normalized spacial score (nSPS) is 13.9. The van der Waals surface area contributed by atoms with Gasteiger partial charge in [0, 0.05) is 22.6 Å². The van der Waals surface area contributed by atoms with Gasteiger partial charge in [0.1, 0.15) is 0 Å². The van der Waals surface area contributed by atoms with Gasteiger partial charge in [-0.05, 0) is 29.8 Å². The Morgan fingerprint density at radius 1 is 1.26 bits per heavy atom. The van der Waals surface area contributed by atoms with E-state index in [0.29, 0.717) is 0 Å². The van der Waals surface area contributed by atoms with Crippen molar-refractivity contribution in [3.8, 4) is 5.75 Å². The molecule has 100 valence electrons.